The summed E-state index contributed by atoms with van der Waals surface area (Å²) < 4.78 is 10.8. The topological polar surface area (TPSA) is 62.0 Å². The zero-order valence-corrected chi connectivity index (χ0v) is 20.2. The van der Waals surface area contributed by atoms with E-state index in [-0.39, 0.29) is 24.0 Å². The standard InChI is InChI=1S/C23H34N4O2.HI/c1-2-28-18-7-14-24-23(25-15-11-22-10-6-19-29-22)26-20-12-16-27(17-13-20)21-8-4-3-5-9-21;/h3-6,8-10,19-20H,2,7,11-18H2,1H3,(H2,24,25,26);1H. The fourth-order valence-electron chi connectivity index (χ4n) is 3.53. The SMILES string of the molecule is CCOCCCN=C(NCCc1ccco1)NC1CCN(c2ccccc2)CC1.I. The molecule has 6 nitrogen and oxygen atoms in total. The average Bonchev–Trinajstić information content (AvgIpc) is 3.28. The zero-order chi connectivity index (χ0) is 20.2. The smallest absolute Gasteiger partial charge is 0.191 e. The molecule has 1 fully saturated rings. The van der Waals surface area contributed by atoms with Crippen LogP contribution in [0.4, 0.5) is 5.69 Å². The third kappa shape index (κ3) is 8.55. The summed E-state index contributed by atoms with van der Waals surface area (Å²) in [4.78, 5) is 7.22. The van der Waals surface area contributed by atoms with Gasteiger partial charge in [0.15, 0.2) is 5.96 Å². The van der Waals surface area contributed by atoms with Gasteiger partial charge in [0.1, 0.15) is 5.76 Å². The third-order valence-electron chi connectivity index (χ3n) is 5.12. The number of rotatable bonds is 10. The highest BCUT2D eigenvalue weighted by Gasteiger charge is 2.20. The van der Waals surface area contributed by atoms with E-state index in [1.165, 1.54) is 5.69 Å². The Morgan fingerprint density at radius 3 is 2.67 bits per heavy atom. The highest BCUT2D eigenvalue weighted by atomic mass is 127. The number of hydrogen-bond donors (Lipinski definition) is 2. The lowest BCUT2D eigenvalue weighted by atomic mass is 10.0. The number of piperidine rings is 1. The van der Waals surface area contributed by atoms with Crippen molar-refractivity contribution in [3.05, 3.63) is 54.5 Å². The van der Waals surface area contributed by atoms with Gasteiger partial charge in [0.25, 0.3) is 0 Å². The van der Waals surface area contributed by atoms with Crippen LogP contribution >= 0.6 is 24.0 Å². The van der Waals surface area contributed by atoms with Crippen molar-refractivity contribution in [2.24, 2.45) is 4.99 Å². The number of nitrogens with one attached hydrogen (secondary N) is 2. The molecule has 3 rings (SSSR count). The van der Waals surface area contributed by atoms with Crippen LogP contribution in [-0.2, 0) is 11.2 Å². The Labute approximate surface area is 197 Å². The minimum Gasteiger partial charge on any atom is -0.469 e. The molecule has 0 aliphatic carbocycles. The number of benzene rings is 1. The Balaban J connectivity index is 0.00000320. The van der Waals surface area contributed by atoms with Crippen molar-refractivity contribution in [2.45, 2.75) is 38.6 Å². The summed E-state index contributed by atoms with van der Waals surface area (Å²) in [6.07, 6.45) is 5.71. The van der Waals surface area contributed by atoms with Gasteiger partial charge in [-0.05, 0) is 50.5 Å². The van der Waals surface area contributed by atoms with Crippen LogP contribution in [0.25, 0.3) is 0 Å². The first-order valence-electron chi connectivity index (χ1n) is 10.8. The summed E-state index contributed by atoms with van der Waals surface area (Å²) in [6.45, 7) is 7.23. The Kier molecular flexibility index (Phi) is 11.7. The molecule has 0 amide bonds. The van der Waals surface area contributed by atoms with Crippen molar-refractivity contribution in [1.82, 2.24) is 10.6 Å². The molecule has 1 aromatic heterocycles. The minimum absolute atomic E-state index is 0. The Morgan fingerprint density at radius 1 is 1.17 bits per heavy atom. The number of anilines is 1. The second-order valence-electron chi connectivity index (χ2n) is 7.28. The second-order valence-corrected chi connectivity index (χ2v) is 7.28. The number of aliphatic imine (C=N–C) groups is 1. The normalized spacial score (nSPS) is 15.0. The van der Waals surface area contributed by atoms with E-state index < -0.39 is 0 Å². The predicted octanol–water partition coefficient (Wildman–Crippen LogP) is 4.07. The Bertz CT molecular complexity index is 701. The molecule has 0 atom stereocenters. The molecule has 0 spiro atoms. The molecule has 30 heavy (non-hydrogen) atoms. The van der Waals surface area contributed by atoms with Crippen LogP contribution in [-0.4, -0.2) is 51.4 Å². The van der Waals surface area contributed by atoms with E-state index in [4.69, 9.17) is 14.1 Å². The van der Waals surface area contributed by atoms with Gasteiger partial charge in [-0.2, -0.15) is 0 Å². The van der Waals surface area contributed by atoms with E-state index in [0.717, 1.165) is 76.8 Å². The Morgan fingerprint density at radius 2 is 1.97 bits per heavy atom. The van der Waals surface area contributed by atoms with Gasteiger partial charge in [0, 0.05) is 57.5 Å². The van der Waals surface area contributed by atoms with Crippen molar-refractivity contribution in [3.63, 3.8) is 0 Å². The van der Waals surface area contributed by atoms with Gasteiger partial charge in [0.2, 0.25) is 0 Å². The van der Waals surface area contributed by atoms with Crippen LogP contribution in [0.15, 0.2) is 58.1 Å². The molecular weight excluding hydrogens is 491 g/mol. The number of nitrogens with zero attached hydrogens (tertiary/aromatic N) is 2. The second kappa shape index (κ2) is 14.3. The third-order valence-corrected chi connectivity index (χ3v) is 5.12. The van der Waals surface area contributed by atoms with Gasteiger partial charge in [-0.1, -0.05) is 18.2 Å². The highest BCUT2D eigenvalue weighted by molar-refractivity contribution is 14.0. The first kappa shape index (κ1) is 24.5. The van der Waals surface area contributed by atoms with Gasteiger partial charge in [-0.3, -0.25) is 4.99 Å². The van der Waals surface area contributed by atoms with Crippen molar-refractivity contribution in [2.75, 3.05) is 44.3 Å². The Hall–Kier alpha value is -1.74. The fraction of sp³-hybridized carbons (Fsp3) is 0.522. The summed E-state index contributed by atoms with van der Waals surface area (Å²) in [5.74, 6) is 1.88. The average molecular weight is 526 g/mol. The molecule has 2 N–H and O–H groups in total. The van der Waals surface area contributed by atoms with Crippen molar-refractivity contribution in [3.8, 4) is 0 Å². The molecule has 0 bridgehead atoms. The summed E-state index contributed by atoms with van der Waals surface area (Å²) in [6, 6.07) is 15.0. The first-order chi connectivity index (χ1) is 14.3. The van der Waals surface area contributed by atoms with Crippen LogP contribution in [0.2, 0.25) is 0 Å². The summed E-state index contributed by atoms with van der Waals surface area (Å²) >= 11 is 0. The van der Waals surface area contributed by atoms with E-state index in [0.29, 0.717) is 6.04 Å². The van der Waals surface area contributed by atoms with Crippen LogP contribution < -0.4 is 15.5 Å². The van der Waals surface area contributed by atoms with Gasteiger partial charge < -0.3 is 24.7 Å². The number of ether oxygens (including phenoxy) is 1. The summed E-state index contributed by atoms with van der Waals surface area (Å²) in [7, 11) is 0. The number of furan rings is 1. The molecule has 1 aromatic carbocycles. The molecule has 1 aliphatic rings. The predicted molar refractivity (Wildman–Crippen MR) is 134 cm³/mol. The lowest BCUT2D eigenvalue weighted by molar-refractivity contribution is 0.146. The largest absolute Gasteiger partial charge is 0.469 e. The molecule has 2 aromatic rings. The number of hydrogen-bond acceptors (Lipinski definition) is 4. The van der Waals surface area contributed by atoms with E-state index in [2.05, 4.69) is 45.9 Å². The van der Waals surface area contributed by atoms with Gasteiger partial charge >= 0.3 is 0 Å². The molecule has 1 aliphatic heterocycles. The quantitative estimate of drug-likeness (QED) is 0.212. The van der Waals surface area contributed by atoms with E-state index >= 15 is 0 Å². The maximum Gasteiger partial charge on any atom is 0.191 e. The van der Waals surface area contributed by atoms with Crippen molar-refractivity contribution < 1.29 is 9.15 Å². The molecule has 1 saturated heterocycles. The van der Waals surface area contributed by atoms with Crippen molar-refractivity contribution in [1.29, 1.82) is 0 Å². The maximum atomic E-state index is 5.42. The van der Waals surface area contributed by atoms with Gasteiger partial charge in [-0.25, -0.2) is 0 Å². The lowest BCUT2D eigenvalue weighted by Gasteiger charge is -2.34. The number of guanidine groups is 1. The van der Waals surface area contributed by atoms with E-state index in [9.17, 15) is 0 Å². The molecule has 166 valence electrons. The maximum absolute atomic E-state index is 5.42. The van der Waals surface area contributed by atoms with E-state index in [1.54, 1.807) is 6.26 Å². The summed E-state index contributed by atoms with van der Waals surface area (Å²) in [5.41, 5.74) is 1.31. The van der Waals surface area contributed by atoms with Gasteiger partial charge in [-0.15, -0.1) is 24.0 Å². The molecule has 2 heterocycles. The molecule has 0 unspecified atom stereocenters. The van der Waals surface area contributed by atoms with Crippen molar-refractivity contribution >= 4 is 35.6 Å². The van der Waals surface area contributed by atoms with Crippen LogP contribution in [0.5, 0.6) is 0 Å². The zero-order valence-electron chi connectivity index (χ0n) is 17.9. The number of para-hydroxylation sites is 1. The molecule has 7 heteroatoms. The molecular formula is C23H35IN4O2. The molecule has 0 saturated carbocycles. The highest BCUT2D eigenvalue weighted by Crippen LogP contribution is 2.19. The number of halogens is 1. The first-order valence-corrected chi connectivity index (χ1v) is 10.8. The lowest BCUT2D eigenvalue weighted by Crippen LogP contribution is -2.49. The minimum atomic E-state index is 0. The fourth-order valence-corrected chi connectivity index (χ4v) is 3.53. The van der Waals surface area contributed by atoms with Crippen LogP contribution in [0.1, 0.15) is 31.9 Å². The molecule has 0 radical (unpaired) electrons. The van der Waals surface area contributed by atoms with Gasteiger partial charge in [0.05, 0.1) is 6.26 Å². The van der Waals surface area contributed by atoms with E-state index in [1.807, 2.05) is 19.1 Å². The van der Waals surface area contributed by atoms with Crippen LogP contribution in [0, 0.1) is 0 Å². The monoisotopic (exact) mass is 526 g/mol. The summed E-state index contributed by atoms with van der Waals surface area (Å²) in [5, 5.41) is 7.10. The van der Waals surface area contributed by atoms with Crippen LogP contribution in [0.3, 0.4) is 0 Å².